The fourth-order valence-electron chi connectivity index (χ4n) is 2.47. The second kappa shape index (κ2) is 5.97. The molecule has 1 fully saturated rings. The summed E-state index contributed by atoms with van der Waals surface area (Å²) in [6.45, 7) is 2.32. The number of H-pyrrole nitrogens is 1. The van der Waals surface area contributed by atoms with Gasteiger partial charge in [-0.25, -0.2) is 4.79 Å². The number of hydrogen-bond acceptors (Lipinski definition) is 5. The number of aromatic nitrogens is 2. The second-order valence-electron chi connectivity index (χ2n) is 5.23. The maximum atomic E-state index is 12.5. The van der Waals surface area contributed by atoms with Crippen molar-refractivity contribution in [2.45, 2.75) is 30.9 Å². The maximum absolute atomic E-state index is 12.5. The van der Waals surface area contributed by atoms with Crippen LogP contribution in [0.1, 0.15) is 28.9 Å². The lowest BCUT2D eigenvalue weighted by Crippen LogP contribution is -2.40. The molecule has 1 aromatic heterocycles. The average Bonchev–Trinajstić information content (AvgIpc) is 2.35. The van der Waals surface area contributed by atoms with Crippen molar-refractivity contribution in [1.29, 1.82) is 0 Å². The molecule has 0 spiro atoms. The van der Waals surface area contributed by atoms with Crippen LogP contribution in [0.5, 0.6) is 0 Å². The van der Waals surface area contributed by atoms with Crippen LogP contribution in [0.4, 0.5) is 0 Å². The fraction of sp³-hybridized carbons (Fsp3) is 0.615. The van der Waals surface area contributed by atoms with E-state index in [2.05, 4.69) is 9.97 Å². The van der Waals surface area contributed by atoms with E-state index < -0.39 is 5.69 Å². The van der Waals surface area contributed by atoms with Gasteiger partial charge in [0.25, 0.3) is 5.91 Å². The zero-order valence-corrected chi connectivity index (χ0v) is 12.7. The van der Waals surface area contributed by atoms with E-state index in [1.165, 1.54) is 11.8 Å². The molecule has 1 aliphatic carbocycles. The number of nitrogens with one attached hydrogen (secondary N) is 1. The first-order valence-electron chi connectivity index (χ1n) is 6.50. The molecule has 0 unspecified atom stereocenters. The Kier molecular flexibility index (Phi) is 4.49. The molecule has 6 nitrogen and oxygen atoms in total. The Morgan fingerprint density at radius 3 is 2.75 bits per heavy atom. The van der Waals surface area contributed by atoms with Crippen molar-refractivity contribution in [3.8, 4) is 0 Å². The molecule has 0 saturated heterocycles. The topological polar surface area (TPSA) is 86.3 Å². The van der Waals surface area contributed by atoms with Crippen molar-refractivity contribution in [2.24, 2.45) is 5.92 Å². The Labute approximate surface area is 121 Å². The van der Waals surface area contributed by atoms with Gasteiger partial charge in [-0.3, -0.25) is 4.79 Å². The molecule has 1 aromatic rings. The summed E-state index contributed by atoms with van der Waals surface area (Å²) in [7, 11) is 1.74. The lowest BCUT2D eigenvalue weighted by molar-refractivity contribution is 0.0264. The summed E-state index contributed by atoms with van der Waals surface area (Å²) in [4.78, 5) is 31.9. The van der Waals surface area contributed by atoms with Gasteiger partial charge in [0, 0.05) is 19.3 Å². The number of carbonyl (C=O) groups is 1. The van der Waals surface area contributed by atoms with Crippen molar-refractivity contribution >= 4 is 17.7 Å². The molecule has 1 amide bonds. The molecule has 0 bridgehead atoms. The van der Waals surface area contributed by atoms with Gasteiger partial charge in [0.15, 0.2) is 0 Å². The third-order valence-corrected chi connectivity index (χ3v) is 4.27. The number of aliphatic hydroxyl groups excluding tert-OH is 1. The number of rotatable bonds is 4. The minimum absolute atomic E-state index is 0.142. The zero-order chi connectivity index (χ0) is 14.9. The van der Waals surface area contributed by atoms with Crippen molar-refractivity contribution in [1.82, 2.24) is 14.9 Å². The monoisotopic (exact) mass is 297 g/mol. The summed E-state index contributed by atoms with van der Waals surface area (Å²) in [5, 5.41) is 9.74. The Morgan fingerprint density at radius 2 is 2.20 bits per heavy atom. The first-order chi connectivity index (χ1) is 9.42. The van der Waals surface area contributed by atoms with Crippen LogP contribution in [-0.2, 0) is 0 Å². The van der Waals surface area contributed by atoms with Crippen LogP contribution in [-0.4, -0.2) is 51.8 Å². The summed E-state index contributed by atoms with van der Waals surface area (Å²) in [6.07, 6.45) is 3.06. The van der Waals surface area contributed by atoms with E-state index in [1.807, 2.05) is 0 Å². The maximum Gasteiger partial charge on any atom is 0.346 e. The van der Waals surface area contributed by atoms with Gasteiger partial charge in [-0.15, -0.1) is 11.8 Å². The number of nitrogens with zero attached hydrogens (tertiary/aromatic N) is 2. The van der Waals surface area contributed by atoms with E-state index in [9.17, 15) is 14.7 Å². The van der Waals surface area contributed by atoms with Crippen molar-refractivity contribution < 1.29 is 9.90 Å². The Bertz CT molecular complexity index is 566. The van der Waals surface area contributed by atoms with Crippen LogP contribution in [0, 0.1) is 12.8 Å². The highest BCUT2D eigenvalue weighted by Gasteiger charge is 2.30. The van der Waals surface area contributed by atoms with E-state index in [4.69, 9.17) is 0 Å². The summed E-state index contributed by atoms with van der Waals surface area (Å²) in [5.41, 5.74) is 0.562. The highest BCUT2D eigenvalue weighted by Crippen LogP contribution is 2.28. The molecular weight excluding hydrogens is 278 g/mol. The lowest BCUT2D eigenvalue weighted by Gasteiger charge is -2.34. The highest BCUT2D eigenvalue weighted by atomic mass is 32.2. The van der Waals surface area contributed by atoms with E-state index in [0.717, 1.165) is 12.8 Å². The summed E-state index contributed by atoms with van der Waals surface area (Å²) in [6, 6.07) is 0. The van der Waals surface area contributed by atoms with E-state index in [1.54, 1.807) is 25.1 Å². The van der Waals surface area contributed by atoms with Gasteiger partial charge in [0.2, 0.25) is 0 Å². The number of aliphatic hydroxyl groups is 1. The van der Waals surface area contributed by atoms with Crippen LogP contribution in [0.2, 0.25) is 0 Å². The highest BCUT2D eigenvalue weighted by molar-refractivity contribution is 7.98. The molecule has 2 N–H and O–H groups in total. The van der Waals surface area contributed by atoms with Gasteiger partial charge in [-0.05, 0) is 31.9 Å². The SMILES string of the molecule is CSc1nc(=O)[nH]c(C)c1C(=O)N(C)CC1CC(O)C1. The molecule has 1 saturated carbocycles. The first-order valence-corrected chi connectivity index (χ1v) is 7.73. The van der Waals surface area contributed by atoms with Crippen molar-refractivity contribution in [3.05, 3.63) is 21.7 Å². The quantitative estimate of drug-likeness (QED) is 0.629. The molecule has 1 heterocycles. The first kappa shape index (κ1) is 15.1. The largest absolute Gasteiger partial charge is 0.393 e. The Balaban J connectivity index is 2.17. The normalized spacial score (nSPS) is 21.4. The van der Waals surface area contributed by atoms with Crippen LogP contribution in [0.15, 0.2) is 9.82 Å². The molecule has 1 aliphatic rings. The molecule has 0 radical (unpaired) electrons. The second-order valence-corrected chi connectivity index (χ2v) is 6.02. The van der Waals surface area contributed by atoms with Crippen LogP contribution in [0.3, 0.4) is 0 Å². The van der Waals surface area contributed by atoms with Gasteiger partial charge in [0.05, 0.1) is 11.7 Å². The van der Waals surface area contributed by atoms with Gasteiger partial charge < -0.3 is 15.0 Å². The Hall–Kier alpha value is -1.34. The predicted molar refractivity (Wildman–Crippen MR) is 77.1 cm³/mol. The fourth-order valence-corrected chi connectivity index (χ4v) is 3.09. The molecule has 0 aromatic carbocycles. The zero-order valence-electron chi connectivity index (χ0n) is 11.8. The van der Waals surface area contributed by atoms with E-state index in [0.29, 0.717) is 28.7 Å². The van der Waals surface area contributed by atoms with Crippen molar-refractivity contribution in [3.63, 3.8) is 0 Å². The minimum Gasteiger partial charge on any atom is -0.393 e. The molecule has 0 aliphatic heterocycles. The van der Waals surface area contributed by atoms with Crippen LogP contribution >= 0.6 is 11.8 Å². The van der Waals surface area contributed by atoms with Crippen LogP contribution < -0.4 is 5.69 Å². The number of carbonyl (C=O) groups excluding carboxylic acids is 1. The van der Waals surface area contributed by atoms with E-state index in [-0.39, 0.29) is 12.0 Å². The predicted octanol–water partition coefficient (Wildman–Crippen LogP) is 0.643. The lowest BCUT2D eigenvalue weighted by atomic mass is 9.82. The van der Waals surface area contributed by atoms with Gasteiger partial charge >= 0.3 is 5.69 Å². The van der Waals surface area contributed by atoms with Crippen LogP contribution in [0.25, 0.3) is 0 Å². The average molecular weight is 297 g/mol. The number of amides is 1. The van der Waals surface area contributed by atoms with Gasteiger partial charge in [0.1, 0.15) is 5.03 Å². The summed E-state index contributed by atoms with van der Waals surface area (Å²) >= 11 is 1.29. The molecule has 20 heavy (non-hydrogen) atoms. The number of aryl methyl sites for hydroxylation is 1. The third-order valence-electron chi connectivity index (χ3n) is 3.58. The smallest absolute Gasteiger partial charge is 0.346 e. The van der Waals surface area contributed by atoms with Crippen molar-refractivity contribution in [2.75, 3.05) is 19.8 Å². The molecule has 7 heteroatoms. The Morgan fingerprint density at radius 1 is 1.55 bits per heavy atom. The van der Waals surface area contributed by atoms with E-state index >= 15 is 0 Å². The third kappa shape index (κ3) is 3.04. The number of thioether (sulfide) groups is 1. The minimum atomic E-state index is -0.437. The molecular formula is C13H19N3O3S. The molecule has 2 rings (SSSR count). The molecule has 110 valence electrons. The standard InChI is InChI=1S/C13H19N3O3S/c1-7-10(11(20-3)15-13(19)14-7)12(18)16(2)6-8-4-9(17)5-8/h8-9,17H,4-6H2,1-3H3,(H,14,15,19). The summed E-state index contributed by atoms with van der Waals surface area (Å²) in [5.74, 6) is 0.213. The van der Waals surface area contributed by atoms with Gasteiger partial charge in [-0.1, -0.05) is 0 Å². The number of hydrogen-bond donors (Lipinski definition) is 2. The summed E-state index contributed by atoms with van der Waals surface area (Å²) < 4.78 is 0. The molecule has 0 atom stereocenters. The number of aromatic amines is 1. The van der Waals surface area contributed by atoms with Gasteiger partial charge in [-0.2, -0.15) is 4.98 Å².